The standard InChI is InChI=1S/C9H10N6O3S/c1-3-18-9(17)15-8(19)14-4-11-5(7(16)10-2)6(14)12-13-15/h4H,3H2,1-2H3,(H,10,16). The lowest BCUT2D eigenvalue weighted by Gasteiger charge is -2.04. The Morgan fingerprint density at radius 3 is 2.89 bits per heavy atom. The Kier molecular flexibility index (Phi) is 3.51. The molecule has 0 saturated heterocycles. The normalized spacial score (nSPS) is 10.4. The first kappa shape index (κ1) is 13.1. The Labute approximate surface area is 112 Å². The Morgan fingerprint density at radius 2 is 2.26 bits per heavy atom. The molecule has 0 saturated carbocycles. The highest BCUT2D eigenvalue weighted by Crippen LogP contribution is 2.06. The molecule has 9 nitrogen and oxygen atoms in total. The molecule has 0 bridgehead atoms. The minimum Gasteiger partial charge on any atom is -0.448 e. The van der Waals surface area contributed by atoms with Crippen molar-refractivity contribution in [2.75, 3.05) is 13.7 Å². The first-order valence-corrected chi connectivity index (χ1v) is 5.73. The van der Waals surface area contributed by atoms with Gasteiger partial charge in [0.25, 0.3) is 5.91 Å². The van der Waals surface area contributed by atoms with Gasteiger partial charge in [0.15, 0.2) is 11.3 Å². The van der Waals surface area contributed by atoms with Gasteiger partial charge in [-0.3, -0.25) is 9.20 Å². The molecule has 0 fully saturated rings. The average molecular weight is 282 g/mol. The molecule has 0 unspecified atom stereocenters. The third kappa shape index (κ3) is 2.17. The van der Waals surface area contributed by atoms with Crippen molar-refractivity contribution in [2.24, 2.45) is 0 Å². The summed E-state index contributed by atoms with van der Waals surface area (Å²) in [6, 6.07) is 0. The molecule has 2 aromatic heterocycles. The number of aromatic nitrogens is 5. The predicted octanol–water partition coefficient (Wildman–Crippen LogP) is 0.0195. The second-order valence-electron chi connectivity index (χ2n) is 3.35. The quantitative estimate of drug-likeness (QED) is 0.774. The van der Waals surface area contributed by atoms with Gasteiger partial charge in [0.05, 0.1) is 6.61 Å². The van der Waals surface area contributed by atoms with Crippen LogP contribution < -0.4 is 5.32 Å². The minimum atomic E-state index is -0.739. The zero-order valence-corrected chi connectivity index (χ0v) is 11.0. The molecular weight excluding hydrogens is 272 g/mol. The molecule has 0 spiro atoms. The summed E-state index contributed by atoms with van der Waals surface area (Å²) in [5.74, 6) is -0.417. The molecule has 10 heteroatoms. The van der Waals surface area contributed by atoms with E-state index in [0.29, 0.717) is 0 Å². The van der Waals surface area contributed by atoms with E-state index in [-0.39, 0.29) is 22.7 Å². The van der Waals surface area contributed by atoms with Gasteiger partial charge in [0, 0.05) is 7.05 Å². The number of carbonyl (C=O) groups is 2. The summed E-state index contributed by atoms with van der Waals surface area (Å²) in [5, 5.41) is 9.80. The van der Waals surface area contributed by atoms with E-state index in [1.165, 1.54) is 17.8 Å². The van der Waals surface area contributed by atoms with Crippen LogP contribution >= 0.6 is 12.2 Å². The van der Waals surface area contributed by atoms with Crippen LogP contribution in [0.15, 0.2) is 6.33 Å². The largest absolute Gasteiger partial charge is 0.448 e. The van der Waals surface area contributed by atoms with Crippen molar-refractivity contribution in [3.05, 3.63) is 16.8 Å². The van der Waals surface area contributed by atoms with Crippen molar-refractivity contribution in [3.8, 4) is 0 Å². The number of nitrogens with zero attached hydrogens (tertiary/aromatic N) is 5. The van der Waals surface area contributed by atoms with E-state index in [1.54, 1.807) is 6.92 Å². The molecule has 1 N–H and O–H groups in total. The summed E-state index contributed by atoms with van der Waals surface area (Å²) in [5.41, 5.74) is 0.252. The van der Waals surface area contributed by atoms with Crippen LogP contribution in [-0.2, 0) is 4.74 Å². The lowest BCUT2D eigenvalue weighted by molar-refractivity contribution is 0.0960. The van der Waals surface area contributed by atoms with Gasteiger partial charge in [-0.25, -0.2) is 9.78 Å². The Morgan fingerprint density at radius 1 is 1.53 bits per heavy atom. The second kappa shape index (κ2) is 5.10. The molecule has 19 heavy (non-hydrogen) atoms. The Bertz CT molecular complexity index is 706. The fourth-order valence-electron chi connectivity index (χ4n) is 1.38. The molecule has 0 atom stereocenters. The molecule has 0 radical (unpaired) electrons. The summed E-state index contributed by atoms with van der Waals surface area (Å²) in [7, 11) is 1.47. The van der Waals surface area contributed by atoms with Crippen LogP contribution in [0.4, 0.5) is 4.79 Å². The number of fused-ring (bicyclic) bond motifs is 1. The molecule has 0 aromatic carbocycles. The van der Waals surface area contributed by atoms with Crippen LogP contribution in [0.3, 0.4) is 0 Å². The number of hydrogen-bond donors (Lipinski definition) is 1. The maximum Gasteiger partial charge on any atom is 0.438 e. The van der Waals surface area contributed by atoms with E-state index in [2.05, 4.69) is 20.6 Å². The van der Waals surface area contributed by atoms with Crippen LogP contribution in [0.1, 0.15) is 17.4 Å². The molecule has 2 aromatic rings. The summed E-state index contributed by atoms with van der Waals surface area (Å²) in [6.07, 6.45) is 0.559. The van der Waals surface area contributed by atoms with Crippen LogP contribution in [0.25, 0.3) is 5.65 Å². The molecule has 0 aliphatic carbocycles. The summed E-state index contributed by atoms with van der Waals surface area (Å²) < 4.78 is 6.92. The third-order valence-electron chi connectivity index (χ3n) is 2.24. The highest BCUT2D eigenvalue weighted by Gasteiger charge is 2.17. The van der Waals surface area contributed by atoms with Gasteiger partial charge in [0.1, 0.15) is 6.33 Å². The predicted molar refractivity (Wildman–Crippen MR) is 65.4 cm³/mol. The van der Waals surface area contributed by atoms with Crippen molar-refractivity contribution in [1.29, 1.82) is 0 Å². The fourth-order valence-corrected chi connectivity index (χ4v) is 1.63. The maximum absolute atomic E-state index is 11.6. The highest BCUT2D eigenvalue weighted by atomic mass is 32.1. The van der Waals surface area contributed by atoms with E-state index >= 15 is 0 Å². The fraction of sp³-hybridized carbons (Fsp3) is 0.333. The second-order valence-corrected chi connectivity index (χ2v) is 3.71. The zero-order valence-electron chi connectivity index (χ0n) is 10.2. The number of hydrogen-bond acceptors (Lipinski definition) is 7. The van der Waals surface area contributed by atoms with Crippen molar-refractivity contribution in [3.63, 3.8) is 0 Å². The van der Waals surface area contributed by atoms with Crippen molar-refractivity contribution < 1.29 is 14.3 Å². The maximum atomic E-state index is 11.6. The van der Waals surface area contributed by atoms with Gasteiger partial charge in [-0.1, -0.05) is 5.21 Å². The molecule has 100 valence electrons. The van der Waals surface area contributed by atoms with Gasteiger partial charge >= 0.3 is 6.09 Å². The first-order valence-electron chi connectivity index (χ1n) is 5.32. The molecule has 0 aliphatic heterocycles. The molecule has 2 heterocycles. The van der Waals surface area contributed by atoms with E-state index in [9.17, 15) is 9.59 Å². The number of amides is 1. The number of rotatable bonds is 2. The SMILES string of the molecule is CCOC(=O)n1nnc2c(C(=O)NC)ncn2c1=S. The number of ether oxygens (including phenoxy) is 1. The van der Waals surface area contributed by atoms with E-state index in [0.717, 1.165) is 4.68 Å². The van der Waals surface area contributed by atoms with Crippen LogP contribution in [0.5, 0.6) is 0 Å². The summed E-state index contributed by atoms with van der Waals surface area (Å²) in [6.45, 7) is 1.85. The van der Waals surface area contributed by atoms with Crippen molar-refractivity contribution >= 4 is 29.9 Å². The van der Waals surface area contributed by atoms with Crippen LogP contribution in [-0.4, -0.2) is 50.0 Å². The topological polar surface area (TPSA) is 103 Å². The highest BCUT2D eigenvalue weighted by molar-refractivity contribution is 7.71. The minimum absolute atomic E-state index is 0.0195. The van der Waals surface area contributed by atoms with E-state index in [4.69, 9.17) is 17.0 Å². The summed E-state index contributed by atoms with van der Waals surface area (Å²) >= 11 is 5.07. The number of nitrogens with one attached hydrogen (secondary N) is 1. The van der Waals surface area contributed by atoms with Gasteiger partial charge < -0.3 is 10.1 Å². The third-order valence-corrected chi connectivity index (χ3v) is 2.61. The van der Waals surface area contributed by atoms with Crippen molar-refractivity contribution in [1.82, 2.24) is 29.7 Å². The average Bonchev–Trinajstić information content (AvgIpc) is 2.83. The zero-order chi connectivity index (χ0) is 14.0. The van der Waals surface area contributed by atoms with Gasteiger partial charge in [-0.05, 0) is 19.1 Å². The Hall–Kier alpha value is -2.36. The van der Waals surface area contributed by atoms with Crippen LogP contribution in [0.2, 0.25) is 0 Å². The number of imidazole rings is 1. The molecule has 0 aliphatic rings. The molecule has 1 amide bonds. The number of carbonyl (C=O) groups excluding carboxylic acids is 2. The lowest BCUT2D eigenvalue weighted by Crippen LogP contribution is -2.22. The van der Waals surface area contributed by atoms with E-state index < -0.39 is 12.0 Å². The monoisotopic (exact) mass is 282 g/mol. The molecule has 2 rings (SSSR count). The smallest absolute Gasteiger partial charge is 0.438 e. The summed E-state index contributed by atoms with van der Waals surface area (Å²) in [4.78, 5) is 27.0. The van der Waals surface area contributed by atoms with Gasteiger partial charge in [-0.15, -0.1) is 9.78 Å². The van der Waals surface area contributed by atoms with Gasteiger partial charge in [-0.2, -0.15) is 0 Å². The van der Waals surface area contributed by atoms with Crippen LogP contribution in [0, 0.1) is 4.77 Å². The van der Waals surface area contributed by atoms with Crippen molar-refractivity contribution in [2.45, 2.75) is 6.92 Å². The first-order chi connectivity index (χ1) is 9.10. The molecular formula is C9H10N6O3S. The van der Waals surface area contributed by atoms with Gasteiger partial charge in [0.2, 0.25) is 4.77 Å². The van der Waals surface area contributed by atoms with E-state index in [1.807, 2.05) is 0 Å². The lowest BCUT2D eigenvalue weighted by atomic mass is 10.4. The Balaban J connectivity index is 2.59.